The number of primary amides is 1. The second kappa shape index (κ2) is 4.29. The van der Waals surface area contributed by atoms with E-state index in [1.807, 2.05) is 5.32 Å². The number of amides is 3. The van der Waals surface area contributed by atoms with Crippen molar-refractivity contribution >= 4 is 17.9 Å². The minimum atomic E-state index is -1.33. The van der Waals surface area contributed by atoms with E-state index in [4.69, 9.17) is 15.0 Å². The number of hydrogen-bond acceptors (Lipinski definition) is 4. The molecule has 1 heterocycles. The highest BCUT2D eigenvalue weighted by Crippen LogP contribution is 1.98. The van der Waals surface area contributed by atoms with E-state index in [1.54, 1.807) is 0 Å². The van der Waals surface area contributed by atoms with Gasteiger partial charge in [-0.3, -0.25) is 14.9 Å². The van der Waals surface area contributed by atoms with E-state index in [0.29, 0.717) is 0 Å². The highest BCUT2D eigenvalue weighted by Gasteiger charge is 2.27. The number of hydrogen-bond donors (Lipinski definition) is 4. The number of nitrogens with two attached hydrogens (primary N) is 1. The Balaban J connectivity index is 0.000000261. The van der Waals surface area contributed by atoms with Crippen LogP contribution in [0.2, 0.25) is 0 Å². The summed E-state index contributed by atoms with van der Waals surface area (Å²) in [6.45, 7) is 0. The standard InChI is InChI=1S/C4H5NO3.CH3NO2/c6-2-1-3(7)5-4(2)8;2-1(3)4/h2,6H,1H2,(H,5,7,8);2H2,(H,3,4). The van der Waals surface area contributed by atoms with Gasteiger partial charge >= 0.3 is 6.09 Å². The summed E-state index contributed by atoms with van der Waals surface area (Å²) in [4.78, 5) is 29.2. The van der Waals surface area contributed by atoms with Crippen molar-refractivity contribution in [1.29, 1.82) is 0 Å². The van der Waals surface area contributed by atoms with Gasteiger partial charge in [0.2, 0.25) is 5.91 Å². The Bertz CT molecular complexity index is 210. The number of aliphatic hydroxyl groups is 1. The molecule has 0 aromatic carbocycles. The van der Waals surface area contributed by atoms with Crippen LogP contribution in [0.4, 0.5) is 4.79 Å². The van der Waals surface area contributed by atoms with E-state index in [-0.39, 0.29) is 6.42 Å². The molecule has 1 atom stereocenters. The van der Waals surface area contributed by atoms with Gasteiger partial charge in [-0.05, 0) is 0 Å². The van der Waals surface area contributed by atoms with Gasteiger partial charge < -0.3 is 15.9 Å². The zero-order chi connectivity index (χ0) is 9.72. The number of rotatable bonds is 0. The maximum Gasteiger partial charge on any atom is 0.402 e. The van der Waals surface area contributed by atoms with Crippen LogP contribution in [0.5, 0.6) is 0 Å². The summed E-state index contributed by atoms with van der Waals surface area (Å²) in [5.41, 5.74) is 4.03. The van der Waals surface area contributed by atoms with Crippen LogP contribution in [0.25, 0.3) is 0 Å². The first-order valence-corrected chi connectivity index (χ1v) is 2.93. The molecule has 0 aliphatic carbocycles. The fraction of sp³-hybridized carbons (Fsp3) is 0.400. The highest BCUT2D eigenvalue weighted by atomic mass is 16.4. The third-order valence-corrected chi connectivity index (χ3v) is 0.944. The second-order valence-corrected chi connectivity index (χ2v) is 1.97. The summed E-state index contributed by atoms with van der Waals surface area (Å²) < 4.78 is 0. The quantitative estimate of drug-likeness (QED) is 0.318. The minimum absolute atomic E-state index is 0.0845. The first-order valence-electron chi connectivity index (χ1n) is 2.93. The molecule has 0 bridgehead atoms. The van der Waals surface area contributed by atoms with Crippen molar-refractivity contribution in [2.45, 2.75) is 12.5 Å². The first-order chi connectivity index (χ1) is 5.43. The number of nitrogens with one attached hydrogen (secondary N) is 1. The molecule has 1 rings (SSSR count). The van der Waals surface area contributed by atoms with Crippen LogP contribution in [0.1, 0.15) is 6.42 Å². The molecule has 1 saturated heterocycles. The van der Waals surface area contributed by atoms with Crippen molar-refractivity contribution in [2.24, 2.45) is 5.73 Å². The lowest BCUT2D eigenvalue weighted by atomic mass is 10.3. The molecule has 5 N–H and O–H groups in total. The summed E-state index contributed by atoms with van der Waals surface area (Å²) >= 11 is 0. The maximum absolute atomic E-state index is 10.2. The van der Waals surface area contributed by atoms with Gasteiger partial charge in [0.05, 0.1) is 6.42 Å². The van der Waals surface area contributed by atoms with Gasteiger partial charge in [0.25, 0.3) is 5.91 Å². The van der Waals surface area contributed by atoms with Crippen LogP contribution in [-0.4, -0.2) is 34.2 Å². The lowest BCUT2D eigenvalue weighted by Gasteiger charge is -1.88. The Kier molecular flexibility index (Phi) is 3.71. The molecule has 1 aliphatic rings. The summed E-state index contributed by atoms with van der Waals surface area (Å²) in [5, 5.41) is 17.7. The molecule has 12 heavy (non-hydrogen) atoms. The van der Waals surface area contributed by atoms with Gasteiger partial charge in [0.1, 0.15) is 6.10 Å². The highest BCUT2D eigenvalue weighted by molar-refractivity contribution is 6.04. The summed E-state index contributed by atoms with van der Waals surface area (Å²) in [6.07, 6.45) is -2.53. The van der Waals surface area contributed by atoms with Gasteiger partial charge in [-0.2, -0.15) is 0 Å². The van der Waals surface area contributed by atoms with Gasteiger partial charge in [0.15, 0.2) is 0 Å². The van der Waals surface area contributed by atoms with Crippen molar-refractivity contribution in [3.05, 3.63) is 0 Å². The second-order valence-electron chi connectivity index (χ2n) is 1.97. The molecule has 1 aliphatic heterocycles. The summed E-state index contributed by atoms with van der Waals surface area (Å²) in [7, 11) is 0. The fourth-order valence-electron chi connectivity index (χ4n) is 0.540. The largest absolute Gasteiger partial charge is 0.465 e. The van der Waals surface area contributed by atoms with Crippen LogP contribution in [0, 0.1) is 0 Å². The Morgan fingerprint density at radius 1 is 1.58 bits per heavy atom. The normalized spacial score (nSPS) is 20.9. The molecule has 0 aromatic heterocycles. The number of imide groups is 1. The molecule has 1 fully saturated rings. The first kappa shape index (κ1) is 10.4. The smallest absolute Gasteiger partial charge is 0.402 e. The Hall–Kier alpha value is -1.63. The molecule has 7 nitrogen and oxygen atoms in total. The van der Waals surface area contributed by atoms with E-state index < -0.39 is 24.0 Å². The third-order valence-electron chi connectivity index (χ3n) is 0.944. The van der Waals surface area contributed by atoms with Crippen molar-refractivity contribution in [3.8, 4) is 0 Å². The Morgan fingerprint density at radius 3 is 2.08 bits per heavy atom. The number of carbonyl (C=O) groups excluding carboxylic acids is 2. The van der Waals surface area contributed by atoms with Crippen LogP contribution >= 0.6 is 0 Å². The maximum atomic E-state index is 10.2. The molecule has 0 aromatic rings. The van der Waals surface area contributed by atoms with E-state index in [9.17, 15) is 9.59 Å². The third kappa shape index (κ3) is 4.23. The SMILES string of the molecule is NC(=O)O.O=C1CC(O)C(=O)N1. The van der Waals surface area contributed by atoms with Gasteiger partial charge in [-0.1, -0.05) is 0 Å². The molecule has 0 saturated carbocycles. The summed E-state index contributed by atoms with van der Waals surface area (Å²) in [6, 6.07) is 0. The summed E-state index contributed by atoms with van der Waals surface area (Å²) in [5.74, 6) is -0.988. The average molecular weight is 176 g/mol. The predicted octanol–water partition coefficient (Wildman–Crippen LogP) is -1.98. The number of carbonyl (C=O) groups is 3. The van der Waals surface area contributed by atoms with E-state index in [2.05, 4.69) is 5.73 Å². The van der Waals surface area contributed by atoms with Crippen LogP contribution in [-0.2, 0) is 9.59 Å². The minimum Gasteiger partial charge on any atom is -0.465 e. The van der Waals surface area contributed by atoms with Crippen molar-refractivity contribution in [1.82, 2.24) is 5.32 Å². The van der Waals surface area contributed by atoms with E-state index in [1.165, 1.54) is 0 Å². The zero-order valence-corrected chi connectivity index (χ0v) is 5.98. The molecule has 7 heteroatoms. The molecular weight excluding hydrogens is 168 g/mol. The zero-order valence-electron chi connectivity index (χ0n) is 5.98. The number of carboxylic acid groups (broad SMARTS) is 1. The van der Waals surface area contributed by atoms with Crippen LogP contribution < -0.4 is 11.1 Å². The molecular formula is C5H8N2O5. The van der Waals surface area contributed by atoms with E-state index in [0.717, 1.165) is 0 Å². The van der Waals surface area contributed by atoms with Gasteiger partial charge in [-0.15, -0.1) is 0 Å². The van der Waals surface area contributed by atoms with E-state index >= 15 is 0 Å². The van der Waals surface area contributed by atoms with Crippen molar-refractivity contribution < 1.29 is 24.6 Å². The van der Waals surface area contributed by atoms with Crippen molar-refractivity contribution in [3.63, 3.8) is 0 Å². The molecule has 1 unspecified atom stereocenters. The molecule has 68 valence electrons. The number of aliphatic hydroxyl groups excluding tert-OH is 1. The van der Waals surface area contributed by atoms with Gasteiger partial charge in [0, 0.05) is 0 Å². The Labute approximate surface area is 67.2 Å². The van der Waals surface area contributed by atoms with Crippen LogP contribution in [0.3, 0.4) is 0 Å². The predicted molar refractivity (Wildman–Crippen MR) is 36.0 cm³/mol. The fourth-order valence-corrected chi connectivity index (χ4v) is 0.540. The monoisotopic (exact) mass is 176 g/mol. The van der Waals surface area contributed by atoms with Crippen LogP contribution in [0.15, 0.2) is 0 Å². The Morgan fingerprint density at radius 2 is 2.00 bits per heavy atom. The lowest BCUT2D eigenvalue weighted by molar-refractivity contribution is -0.127. The molecule has 0 spiro atoms. The topological polar surface area (TPSA) is 130 Å². The molecule has 0 radical (unpaired) electrons. The van der Waals surface area contributed by atoms with Crippen molar-refractivity contribution in [2.75, 3.05) is 0 Å². The average Bonchev–Trinajstić information content (AvgIpc) is 2.08. The molecule has 3 amide bonds. The lowest BCUT2D eigenvalue weighted by Crippen LogP contribution is -2.24. The van der Waals surface area contributed by atoms with Gasteiger partial charge in [-0.25, -0.2) is 4.79 Å².